The second-order valence-corrected chi connectivity index (χ2v) is 11.4. The fourth-order valence-electron chi connectivity index (χ4n) is 4.39. The Morgan fingerprint density at radius 2 is 1.89 bits per heavy atom. The number of carbonyl (C=O) groups is 1. The first-order valence-electron chi connectivity index (χ1n) is 12.5. The summed E-state index contributed by atoms with van der Waals surface area (Å²) in [6, 6.07) is 14.9. The van der Waals surface area contributed by atoms with Gasteiger partial charge in [-0.15, -0.1) is 12.4 Å². The number of sulfonamides is 1. The van der Waals surface area contributed by atoms with E-state index in [1.807, 2.05) is 37.3 Å². The van der Waals surface area contributed by atoms with Crippen LogP contribution in [-0.4, -0.2) is 63.0 Å². The second kappa shape index (κ2) is 12.8. The number of rotatable bonds is 11. The minimum absolute atomic E-state index is 0. The number of aliphatic hydroxyl groups is 1. The van der Waals surface area contributed by atoms with E-state index in [-0.39, 0.29) is 24.1 Å². The third kappa shape index (κ3) is 7.59. The lowest BCUT2D eigenvalue weighted by Gasteiger charge is -2.29. The highest BCUT2D eigenvalue weighted by Gasteiger charge is 2.29. The highest BCUT2D eigenvalue weighted by atomic mass is 35.5. The molecule has 1 aliphatic carbocycles. The number of benzene rings is 2. The quantitative estimate of drug-likeness (QED) is 0.351. The molecule has 4 rings (SSSR count). The first-order chi connectivity index (χ1) is 16.9. The van der Waals surface area contributed by atoms with Crippen molar-refractivity contribution in [2.75, 3.05) is 35.0 Å². The Kier molecular flexibility index (Phi) is 10.0. The molecule has 0 aromatic heterocycles. The number of amides is 1. The Morgan fingerprint density at radius 1 is 1.14 bits per heavy atom. The molecule has 0 radical (unpaired) electrons. The topological polar surface area (TPSA) is 111 Å². The number of anilines is 2. The van der Waals surface area contributed by atoms with Gasteiger partial charge in [0.2, 0.25) is 10.0 Å². The second-order valence-electron chi connectivity index (χ2n) is 9.41. The first kappa shape index (κ1) is 28.2. The van der Waals surface area contributed by atoms with E-state index in [4.69, 9.17) is 0 Å². The van der Waals surface area contributed by atoms with E-state index < -0.39 is 22.2 Å². The number of carbonyl (C=O) groups excluding carboxylic acids is 1. The van der Waals surface area contributed by atoms with Crippen molar-refractivity contribution in [3.8, 4) is 0 Å². The minimum Gasteiger partial charge on any atom is -0.390 e. The fourth-order valence-corrected chi connectivity index (χ4v) is 6.01. The molecule has 8 nitrogen and oxygen atoms in total. The van der Waals surface area contributed by atoms with Crippen molar-refractivity contribution in [3.05, 3.63) is 59.7 Å². The molecule has 10 heteroatoms. The molecular formula is C26H37ClN4O4S. The van der Waals surface area contributed by atoms with E-state index in [0.717, 1.165) is 24.8 Å². The summed E-state index contributed by atoms with van der Waals surface area (Å²) in [5.41, 5.74) is 2.56. The van der Waals surface area contributed by atoms with Gasteiger partial charge in [0.05, 0.1) is 23.6 Å². The monoisotopic (exact) mass is 536 g/mol. The third-order valence-electron chi connectivity index (χ3n) is 6.47. The molecule has 2 aliphatic rings. The van der Waals surface area contributed by atoms with Crippen LogP contribution in [0, 0.1) is 0 Å². The fraction of sp³-hybridized carbons (Fsp3) is 0.500. The Bertz CT molecular complexity index is 1110. The van der Waals surface area contributed by atoms with Gasteiger partial charge in [0.25, 0.3) is 5.91 Å². The molecule has 0 spiro atoms. The zero-order valence-electron chi connectivity index (χ0n) is 20.7. The van der Waals surface area contributed by atoms with Crippen molar-refractivity contribution in [3.63, 3.8) is 0 Å². The van der Waals surface area contributed by atoms with Gasteiger partial charge in [-0.1, -0.05) is 30.3 Å². The standard InChI is InChI=1S/C26H36N4O4S.ClH/c1-2-27-22-15-20(16-23(17-22)30-12-6-7-13-35(30,33)34)26(32)29-24(14-19-8-4-3-5-9-19)25(31)18-28-21-10-11-21;/h3-5,8-9,15-17,21,24-25,27-28,31H,2,6-7,10-14,18H2,1H3,(H,29,32);1H/t24-,25+;/m0./s1. The molecule has 1 saturated carbocycles. The molecule has 1 heterocycles. The zero-order valence-corrected chi connectivity index (χ0v) is 22.3. The van der Waals surface area contributed by atoms with Gasteiger partial charge >= 0.3 is 0 Å². The molecule has 0 unspecified atom stereocenters. The van der Waals surface area contributed by atoms with Crippen LogP contribution >= 0.6 is 12.4 Å². The van der Waals surface area contributed by atoms with Gasteiger partial charge in [-0.05, 0) is 62.8 Å². The lowest BCUT2D eigenvalue weighted by molar-refractivity contribution is 0.0830. The first-order valence-corrected chi connectivity index (χ1v) is 14.1. The number of nitrogens with one attached hydrogen (secondary N) is 3. The Morgan fingerprint density at radius 3 is 2.56 bits per heavy atom. The average Bonchev–Trinajstić information content (AvgIpc) is 3.67. The van der Waals surface area contributed by atoms with Crippen molar-refractivity contribution in [2.45, 2.75) is 57.2 Å². The van der Waals surface area contributed by atoms with Crippen LogP contribution in [0.3, 0.4) is 0 Å². The number of aliphatic hydroxyl groups excluding tert-OH is 1. The van der Waals surface area contributed by atoms with Gasteiger partial charge in [-0.3, -0.25) is 9.10 Å². The SMILES string of the molecule is CCNc1cc(C(=O)N[C@@H](Cc2ccccc2)[C@H](O)CNC2CC2)cc(N2CCCCS2(=O)=O)c1.Cl. The maximum Gasteiger partial charge on any atom is 0.251 e. The smallest absolute Gasteiger partial charge is 0.251 e. The van der Waals surface area contributed by atoms with Crippen molar-refractivity contribution < 1.29 is 18.3 Å². The molecule has 4 N–H and O–H groups in total. The predicted molar refractivity (Wildman–Crippen MR) is 147 cm³/mol. The minimum atomic E-state index is -3.41. The molecule has 36 heavy (non-hydrogen) atoms. The van der Waals surface area contributed by atoms with Crippen molar-refractivity contribution in [2.24, 2.45) is 0 Å². The molecule has 2 aromatic carbocycles. The van der Waals surface area contributed by atoms with Crippen LogP contribution in [0.15, 0.2) is 48.5 Å². The van der Waals surface area contributed by atoms with Crippen molar-refractivity contribution >= 4 is 39.7 Å². The van der Waals surface area contributed by atoms with Gasteiger partial charge in [0, 0.05) is 36.9 Å². The summed E-state index contributed by atoms with van der Waals surface area (Å²) < 4.78 is 26.8. The summed E-state index contributed by atoms with van der Waals surface area (Å²) in [4.78, 5) is 13.4. The van der Waals surface area contributed by atoms with E-state index in [9.17, 15) is 18.3 Å². The Labute approximate surface area is 220 Å². The molecule has 1 aliphatic heterocycles. The van der Waals surface area contributed by atoms with E-state index in [0.29, 0.717) is 55.5 Å². The maximum atomic E-state index is 13.4. The van der Waals surface area contributed by atoms with Gasteiger partial charge in [0.1, 0.15) is 0 Å². The summed E-state index contributed by atoms with van der Waals surface area (Å²) in [5, 5.41) is 20.5. The highest BCUT2D eigenvalue weighted by Crippen LogP contribution is 2.28. The van der Waals surface area contributed by atoms with E-state index in [2.05, 4.69) is 16.0 Å². The van der Waals surface area contributed by atoms with Crippen molar-refractivity contribution in [1.82, 2.24) is 10.6 Å². The van der Waals surface area contributed by atoms with Crippen LogP contribution in [0.1, 0.15) is 48.5 Å². The number of hydrogen-bond acceptors (Lipinski definition) is 6. The largest absolute Gasteiger partial charge is 0.390 e. The summed E-state index contributed by atoms with van der Waals surface area (Å²) in [5.74, 6) is -0.230. The highest BCUT2D eigenvalue weighted by molar-refractivity contribution is 7.92. The molecular weight excluding hydrogens is 500 g/mol. The van der Waals surface area contributed by atoms with Crippen molar-refractivity contribution in [1.29, 1.82) is 0 Å². The van der Waals surface area contributed by atoms with E-state index >= 15 is 0 Å². The Balaban J connectivity index is 0.00000361. The molecule has 1 amide bonds. The summed E-state index contributed by atoms with van der Waals surface area (Å²) in [6.45, 7) is 3.39. The zero-order chi connectivity index (χ0) is 24.8. The maximum absolute atomic E-state index is 13.4. The van der Waals surface area contributed by atoms with Gasteiger partial charge in [-0.25, -0.2) is 8.42 Å². The van der Waals surface area contributed by atoms with Gasteiger partial charge in [-0.2, -0.15) is 0 Å². The molecule has 2 atom stereocenters. The number of hydrogen-bond donors (Lipinski definition) is 4. The van der Waals surface area contributed by atoms with E-state index in [1.54, 1.807) is 18.2 Å². The number of halogens is 1. The van der Waals surface area contributed by atoms with Crippen LogP contribution in [0.5, 0.6) is 0 Å². The summed E-state index contributed by atoms with van der Waals surface area (Å²) >= 11 is 0. The average molecular weight is 537 g/mol. The molecule has 2 fully saturated rings. The summed E-state index contributed by atoms with van der Waals surface area (Å²) in [6.07, 6.45) is 3.38. The van der Waals surface area contributed by atoms with Gasteiger partial charge < -0.3 is 21.1 Å². The Hall–Kier alpha value is -2.33. The lowest BCUT2D eigenvalue weighted by Crippen LogP contribution is -2.49. The van der Waals surface area contributed by atoms with Crippen LogP contribution in [0.4, 0.5) is 11.4 Å². The van der Waals surface area contributed by atoms with Gasteiger partial charge in [0.15, 0.2) is 0 Å². The molecule has 198 valence electrons. The molecule has 1 saturated heterocycles. The van der Waals surface area contributed by atoms with E-state index in [1.165, 1.54) is 4.31 Å². The summed E-state index contributed by atoms with van der Waals surface area (Å²) in [7, 11) is -3.41. The molecule has 0 bridgehead atoms. The number of nitrogens with zero attached hydrogens (tertiary/aromatic N) is 1. The van der Waals surface area contributed by atoms with Crippen LogP contribution in [0.25, 0.3) is 0 Å². The predicted octanol–water partition coefficient (Wildman–Crippen LogP) is 2.92. The third-order valence-corrected chi connectivity index (χ3v) is 8.34. The van der Waals surface area contributed by atoms with Crippen LogP contribution in [-0.2, 0) is 16.4 Å². The van der Waals surface area contributed by atoms with Crippen LogP contribution < -0.4 is 20.3 Å². The molecule has 2 aromatic rings. The lowest BCUT2D eigenvalue weighted by atomic mass is 10.00. The van der Waals surface area contributed by atoms with Crippen LogP contribution in [0.2, 0.25) is 0 Å². The normalized spacial score (nSPS) is 18.6.